The molecule has 1 aliphatic heterocycles. The van der Waals surface area contributed by atoms with Crippen molar-refractivity contribution < 1.29 is 9.59 Å². The van der Waals surface area contributed by atoms with E-state index in [1.165, 1.54) is 11.1 Å². The summed E-state index contributed by atoms with van der Waals surface area (Å²) in [6.45, 7) is 10.4. The van der Waals surface area contributed by atoms with Gasteiger partial charge in [0.25, 0.3) is 0 Å². The van der Waals surface area contributed by atoms with Gasteiger partial charge in [-0.15, -0.1) is 0 Å². The van der Waals surface area contributed by atoms with E-state index in [0.29, 0.717) is 18.4 Å². The number of carbonyl (C=O) groups is 2. The molecule has 0 saturated heterocycles. The summed E-state index contributed by atoms with van der Waals surface area (Å²) in [7, 11) is 0. The molecule has 0 unspecified atom stereocenters. The fourth-order valence-electron chi connectivity index (χ4n) is 5.46. The third-order valence-corrected chi connectivity index (χ3v) is 7.49. The summed E-state index contributed by atoms with van der Waals surface area (Å²) in [6, 6.07) is 19.9. The number of nitrogens with one attached hydrogen (secondary N) is 1. The molecule has 1 aliphatic carbocycles. The van der Waals surface area contributed by atoms with E-state index >= 15 is 0 Å². The van der Waals surface area contributed by atoms with E-state index in [0.717, 1.165) is 22.6 Å². The molecule has 37 heavy (non-hydrogen) atoms. The maximum Gasteiger partial charge on any atom is 0.230 e. The molecule has 2 aromatic carbocycles. The number of carbonyl (C=O) groups excluding carboxylic acids is 2. The molecule has 5 nitrogen and oxygen atoms in total. The molecule has 2 aliphatic rings. The number of rotatable bonds is 3. The Bertz CT molecular complexity index is 1350. The van der Waals surface area contributed by atoms with E-state index in [1.807, 2.05) is 55.1 Å². The number of hydrogen-bond donors (Lipinski definition) is 1. The first kappa shape index (κ1) is 24.9. The SMILES string of the molecule is CC(C)C(=O)N1c2ccccc2NC2=C(C(=O)C[C@H](c3ccc(C(C)(C)C)cc3)C2)[C@@H]1c1ccncc1. The second kappa shape index (κ2) is 9.62. The molecule has 1 aromatic heterocycles. The Kier molecular flexibility index (Phi) is 6.49. The van der Waals surface area contributed by atoms with Gasteiger partial charge >= 0.3 is 0 Å². The van der Waals surface area contributed by atoms with Crippen LogP contribution >= 0.6 is 0 Å². The zero-order valence-electron chi connectivity index (χ0n) is 22.3. The smallest absolute Gasteiger partial charge is 0.230 e. The Balaban J connectivity index is 1.64. The van der Waals surface area contributed by atoms with E-state index in [-0.39, 0.29) is 28.9 Å². The molecule has 2 atom stereocenters. The Labute approximate surface area is 219 Å². The normalized spacial score (nSPS) is 19.7. The van der Waals surface area contributed by atoms with Crippen LogP contribution in [0.15, 0.2) is 84.3 Å². The van der Waals surface area contributed by atoms with Crippen LogP contribution in [-0.4, -0.2) is 16.7 Å². The van der Waals surface area contributed by atoms with Crippen LogP contribution in [0.1, 0.15) is 76.1 Å². The van der Waals surface area contributed by atoms with Crippen LogP contribution in [0.4, 0.5) is 11.4 Å². The number of ketones is 1. The number of anilines is 2. The fourth-order valence-corrected chi connectivity index (χ4v) is 5.46. The molecular formula is C32H35N3O2. The van der Waals surface area contributed by atoms with Crippen molar-refractivity contribution in [2.24, 2.45) is 5.92 Å². The average molecular weight is 494 g/mol. The van der Waals surface area contributed by atoms with Crippen LogP contribution in [0.3, 0.4) is 0 Å². The van der Waals surface area contributed by atoms with Gasteiger partial charge in [-0.05, 0) is 58.7 Å². The predicted octanol–water partition coefficient (Wildman–Crippen LogP) is 6.94. The Morgan fingerprint density at radius 2 is 1.62 bits per heavy atom. The lowest BCUT2D eigenvalue weighted by atomic mass is 9.77. The first-order chi connectivity index (χ1) is 17.6. The zero-order valence-corrected chi connectivity index (χ0v) is 22.3. The van der Waals surface area contributed by atoms with Crippen LogP contribution in [0.2, 0.25) is 0 Å². The summed E-state index contributed by atoms with van der Waals surface area (Å²) in [4.78, 5) is 33.8. The molecular weight excluding hydrogens is 458 g/mol. The quantitative estimate of drug-likeness (QED) is 0.429. The molecule has 0 spiro atoms. The van der Waals surface area contributed by atoms with Crippen LogP contribution < -0.4 is 10.2 Å². The van der Waals surface area contributed by atoms with Crippen LogP contribution in [0.5, 0.6) is 0 Å². The van der Waals surface area contributed by atoms with Gasteiger partial charge in [0.2, 0.25) is 5.91 Å². The highest BCUT2D eigenvalue weighted by Gasteiger charge is 2.42. The number of Topliss-reactive ketones (excluding diaryl/α,β-unsaturated/α-hetero) is 1. The van der Waals surface area contributed by atoms with Crippen LogP contribution in [0, 0.1) is 5.92 Å². The summed E-state index contributed by atoms with van der Waals surface area (Å²) < 4.78 is 0. The van der Waals surface area contributed by atoms with Crippen LogP contribution in [-0.2, 0) is 15.0 Å². The molecule has 5 rings (SSSR count). The third kappa shape index (κ3) is 4.71. The summed E-state index contributed by atoms with van der Waals surface area (Å²) in [5.74, 6) is -0.0926. The standard InChI is InChI=1S/C32H35N3O2/c1-20(2)31(37)35-27-9-7-6-8-25(27)34-26-18-23(21-10-12-24(13-11-21)32(3,4)5)19-28(36)29(26)30(35)22-14-16-33-17-15-22/h6-17,20,23,30,34H,18-19H2,1-5H3/t23-,30+/m1/s1. The maximum absolute atomic E-state index is 14.0. The largest absolute Gasteiger partial charge is 0.357 e. The van der Waals surface area contributed by atoms with Gasteiger partial charge in [0.15, 0.2) is 5.78 Å². The molecule has 0 bridgehead atoms. The summed E-state index contributed by atoms with van der Waals surface area (Å²) >= 11 is 0. The van der Waals surface area contributed by atoms with Crippen molar-refractivity contribution >= 4 is 23.1 Å². The average Bonchev–Trinajstić information content (AvgIpc) is 3.03. The van der Waals surface area contributed by atoms with Gasteiger partial charge in [-0.25, -0.2) is 0 Å². The molecule has 2 heterocycles. The fraction of sp³-hybridized carbons (Fsp3) is 0.344. The molecule has 0 fully saturated rings. The van der Waals surface area contributed by atoms with Gasteiger partial charge in [0.1, 0.15) is 0 Å². The minimum atomic E-state index is -0.513. The zero-order chi connectivity index (χ0) is 26.3. The number of hydrogen-bond acceptors (Lipinski definition) is 4. The number of nitrogens with zero attached hydrogens (tertiary/aromatic N) is 2. The monoisotopic (exact) mass is 493 g/mol. The lowest BCUT2D eigenvalue weighted by molar-refractivity contribution is -0.121. The highest BCUT2D eigenvalue weighted by atomic mass is 16.2. The number of para-hydroxylation sites is 2. The molecule has 0 saturated carbocycles. The summed E-state index contributed by atoms with van der Waals surface area (Å²) in [5.41, 5.74) is 6.62. The van der Waals surface area contributed by atoms with Crippen molar-refractivity contribution in [1.82, 2.24) is 4.98 Å². The molecule has 190 valence electrons. The predicted molar refractivity (Wildman–Crippen MR) is 149 cm³/mol. The Morgan fingerprint density at radius 3 is 2.27 bits per heavy atom. The third-order valence-electron chi connectivity index (χ3n) is 7.49. The van der Waals surface area contributed by atoms with Crippen molar-refractivity contribution in [2.75, 3.05) is 10.2 Å². The van der Waals surface area contributed by atoms with E-state index in [9.17, 15) is 9.59 Å². The van der Waals surface area contributed by atoms with Crippen molar-refractivity contribution in [3.05, 3.63) is 101 Å². The Hall–Kier alpha value is -3.73. The number of benzene rings is 2. The minimum absolute atomic E-state index is 0.0162. The van der Waals surface area contributed by atoms with Gasteiger partial charge < -0.3 is 5.32 Å². The number of pyridine rings is 1. The van der Waals surface area contributed by atoms with Gasteiger partial charge in [-0.2, -0.15) is 0 Å². The number of amides is 1. The van der Waals surface area contributed by atoms with E-state index in [4.69, 9.17) is 0 Å². The number of aromatic nitrogens is 1. The maximum atomic E-state index is 14.0. The van der Waals surface area contributed by atoms with Crippen molar-refractivity contribution in [2.45, 2.75) is 64.8 Å². The highest BCUT2D eigenvalue weighted by Crippen LogP contribution is 2.47. The number of allylic oxidation sites excluding steroid dienone is 1. The van der Waals surface area contributed by atoms with Crippen molar-refractivity contribution in [1.29, 1.82) is 0 Å². The first-order valence-corrected chi connectivity index (χ1v) is 13.1. The number of fused-ring (bicyclic) bond motifs is 1. The topological polar surface area (TPSA) is 62.3 Å². The van der Waals surface area contributed by atoms with Crippen LogP contribution in [0.25, 0.3) is 0 Å². The molecule has 1 N–H and O–H groups in total. The van der Waals surface area contributed by atoms with Gasteiger partial charge in [0.05, 0.1) is 17.4 Å². The van der Waals surface area contributed by atoms with Gasteiger partial charge in [0, 0.05) is 36.0 Å². The van der Waals surface area contributed by atoms with Crippen molar-refractivity contribution in [3.8, 4) is 0 Å². The molecule has 1 amide bonds. The van der Waals surface area contributed by atoms with Crippen molar-refractivity contribution in [3.63, 3.8) is 0 Å². The second-order valence-corrected chi connectivity index (χ2v) is 11.5. The second-order valence-electron chi connectivity index (χ2n) is 11.5. The van der Waals surface area contributed by atoms with E-state index in [2.05, 4.69) is 55.3 Å². The van der Waals surface area contributed by atoms with E-state index < -0.39 is 6.04 Å². The molecule has 5 heteroatoms. The van der Waals surface area contributed by atoms with Gasteiger partial charge in [-0.3, -0.25) is 19.5 Å². The summed E-state index contributed by atoms with van der Waals surface area (Å²) in [6.07, 6.45) is 4.57. The molecule has 3 aromatic rings. The highest BCUT2D eigenvalue weighted by molar-refractivity contribution is 6.06. The summed E-state index contributed by atoms with van der Waals surface area (Å²) in [5, 5.41) is 3.60. The lowest BCUT2D eigenvalue weighted by Gasteiger charge is -2.36. The lowest BCUT2D eigenvalue weighted by Crippen LogP contribution is -2.40. The van der Waals surface area contributed by atoms with Gasteiger partial charge in [-0.1, -0.05) is 71.0 Å². The molecule has 0 radical (unpaired) electrons. The van der Waals surface area contributed by atoms with E-state index in [1.54, 1.807) is 12.4 Å². The first-order valence-electron chi connectivity index (χ1n) is 13.1. The minimum Gasteiger partial charge on any atom is -0.357 e. The Morgan fingerprint density at radius 1 is 0.946 bits per heavy atom.